The third-order valence-electron chi connectivity index (χ3n) is 3.25. The SMILES string of the molecule is CC(C)(C)CCNCc1cccc2ccccc12. The summed E-state index contributed by atoms with van der Waals surface area (Å²) in [5.74, 6) is 0. The highest BCUT2D eigenvalue weighted by atomic mass is 14.8. The molecule has 18 heavy (non-hydrogen) atoms. The summed E-state index contributed by atoms with van der Waals surface area (Å²) in [4.78, 5) is 0. The minimum Gasteiger partial charge on any atom is -0.313 e. The zero-order valence-corrected chi connectivity index (χ0v) is 11.7. The lowest BCUT2D eigenvalue weighted by Crippen LogP contribution is -2.20. The van der Waals surface area contributed by atoms with Gasteiger partial charge in [-0.05, 0) is 34.7 Å². The highest BCUT2D eigenvalue weighted by Crippen LogP contribution is 2.19. The van der Waals surface area contributed by atoms with Gasteiger partial charge in [0.15, 0.2) is 0 Å². The first-order valence-electron chi connectivity index (χ1n) is 6.74. The lowest BCUT2D eigenvalue weighted by Gasteiger charge is -2.18. The molecule has 2 aromatic carbocycles. The van der Waals surface area contributed by atoms with E-state index in [1.54, 1.807) is 0 Å². The summed E-state index contributed by atoms with van der Waals surface area (Å²) in [6.07, 6.45) is 1.21. The minimum absolute atomic E-state index is 0.408. The molecule has 0 amide bonds. The lowest BCUT2D eigenvalue weighted by molar-refractivity contribution is 0.367. The Labute approximate surface area is 110 Å². The molecule has 0 fully saturated rings. The number of benzene rings is 2. The monoisotopic (exact) mass is 241 g/mol. The van der Waals surface area contributed by atoms with Crippen molar-refractivity contribution < 1.29 is 0 Å². The second kappa shape index (κ2) is 5.53. The first-order chi connectivity index (χ1) is 8.56. The molecular formula is C17H23N. The fourth-order valence-corrected chi connectivity index (χ4v) is 2.13. The molecule has 96 valence electrons. The van der Waals surface area contributed by atoms with Crippen LogP contribution in [0, 0.1) is 5.41 Å². The average molecular weight is 241 g/mol. The van der Waals surface area contributed by atoms with Crippen molar-refractivity contribution >= 4 is 10.8 Å². The Bertz CT molecular complexity index is 503. The first kappa shape index (κ1) is 13.1. The quantitative estimate of drug-likeness (QED) is 0.784. The lowest BCUT2D eigenvalue weighted by atomic mass is 9.92. The summed E-state index contributed by atoms with van der Waals surface area (Å²) in [5.41, 5.74) is 1.80. The summed E-state index contributed by atoms with van der Waals surface area (Å²) >= 11 is 0. The van der Waals surface area contributed by atoms with Crippen molar-refractivity contribution in [3.05, 3.63) is 48.0 Å². The molecule has 0 aliphatic heterocycles. The molecule has 0 aliphatic carbocycles. The van der Waals surface area contributed by atoms with Crippen LogP contribution in [0.5, 0.6) is 0 Å². The maximum Gasteiger partial charge on any atom is 0.0211 e. The van der Waals surface area contributed by atoms with Crippen LogP contribution >= 0.6 is 0 Å². The predicted molar refractivity (Wildman–Crippen MR) is 79.7 cm³/mol. The number of hydrogen-bond donors (Lipinski definition) is 1. The summed E-state index contributed by atoms with van der Waals surface area (Å²) in [7, 11) is 0. The van der Waals surface area contributed by atoms with Crippen LogP contribution in [-0.2, 0) is 6.54 Å². The highest BCUT2D eigenvalue weighted by Gasteiger charge is 2.08. The van der Waals surface area contributed by atoms with Gasteiger partial charge >= 0.3 is 0 Å². The van der Waals surface area contributed by atoms with Gasteiger partial charge < -0.3 is 5.32 Å². The van der Waals surface area contributed by atoms with Crippen molar-refractivity contribution in [2.45, 2.75) is 33.7 Å². The molecular weight excluding hydrogens is 218 g/mol. The Hall–Kier alpha value is -1.34. The molecule has 1 nitrogen and oxygen atoms in total. The molecule has 2 rings (SSSR count). The van der Waals surface area contributed by atoms with Gasteiger partial charge in [0, 0.05) is 6.54 Å². The van der Waals surface area contributed by atoms with Crippen LogP contribution in [0.1, 0.15) is 32.8 Å². The van der Waals surface area contributed by atoms with E-state index >= 15 is 0 Å². The van der Waals surface area contributed by atoms with Crippen molar-refractivity contribution in [2.24, 2.45) is 5.41 Å². The molecule has 0 bridgehead atoms. The Morgan fingerprint density at radius 3 is 2.44 bits per heavy atom. The van der Waals surface area contributed by atoms with Gasteiger partial charge in [0.2, 0.25) is 0 Å². The van der Waals surface area contributed by atoms with E-state index in [4.69, 9.17) is 0 Å². The van der Waals surface area contributed by atoms with Crippen LogP contribution in [0.25, 0.3) is 10.8 Å². The normalized spacial score (nSPS) is 11.9. The van der Waals surface area contributed by atoms with Gasteiger partial charge in [-0.3, -0.25) is 0 Å². The molecule has 0 aromatic heterocycles. The molecule has 0 saturated heterocycles. The molecule has 0 spiro atoms. The van der Waals surface area contributed by atoms with Gasteiger partial charge in [-0.25, -0.2) is 0 Å². The summed E-state index contributed by atoms with van der Waals surface area (Å²) < 4.78 is 0. The van der Waals surface area contributed by atoms with E-state index in [0.717, 1.165) is 13.1 Å². The summed E-state index contributed by atoms with van der Waals surface area (Å²) in [6.45, 7) is 8.88. The van der Waals surface area contributed by atoms with Gasteiger partial charge in [-0.15, -0.1) is 0 Å². The smallest absolute Gasteiger partial charge is 0.0211 e. The van der Waals surface area contributed by atoms with Crippen LogP contribution in [0.15, 0.2) is 42.5 Å². The highest BCUT2D eigenvalue weighted by molar-refractivity contribution is 5.85. The van der Waals surface area contributed by atoms with E-state index < -0.39 is 0 Å². The molecule has 1 N–H and O–H groups in total. The number of rotatable bonds is 4. The fourth-order valence-electron chi connectivity index (χ4n) is 2.13. The first-order valence-corrected chi connectivity index (χ1v) is 6.74. The minimum atomic E-state index is 0.408. The zero-order valence-electron chi connectivity index (χ0n) is 11.7. The zero-order chi connectivity index (χ0) is 13.0. The summed E-state index contributed by atoms with van der Waals surface area (Å²) in [5, 5.41) is 6.24. The van der Waals surface area contributed by atoms with Crippen molar-refractivity contribution in [3.63, 3.8) is 0 Å². The largest absolute Gasteiger partial charge is 0.313 e. The van der Waals surface area contributed by atoms with Crippen molar-refractivity contribution in [3.8, 4) is 0 Å². The summed E-state index contributed by atoms with van der Waals surface area (Å²) in [6, 6.07) is 15.1. The van der Waals surface area contributed by atoms with Crippen LogP contribution in [0.3, 0.4) is 0 Å². The number of nitrogens with one attached hydrogen (secondary N) is 1. The predicted octanol–water partition coefficient (Wildman–Crippen LogP) is 4.37. The topological polar surface area (TPSA) is 12.0 Å². The number of fused-ring (bicyclic) bond motifs is 1. The van der Waals surface area contributed by atoms with E-state index in [1.807, 2.05) is 0 Å². The van der Waals surface area contributed by atoms with E-state index in [0.29, 0.717) is 5.41 Å². The molecule has 0 unspecified atom stereocenters. The molecule has 0 radical (unpaired) electrons. The van der Waals surface area contributed by atoms with E-state index in [2.05, 4.69) is 68.6 Å². The third-order valence-corrected chi connectivity index (χ3v) is 3.25. The molecule has 2 aromatic rings. The molecule has 0 heterocycles. The Morgan fingerprint density at radius 2 is 1.67 bits per heavy atom. The molecule has 1 heteroatoms. The Morgan fingerprint density at radius 1 is 0.944 bits per heavy atom. The van der Waals surface area contributed by atoms with Crippen LogP contribution < -0.4 is 5.32 Å². The van der Waals surface area contributed by atoms with Gasteiger partial charge in [0.1, 0.15) is 0 Å². The van der Waals surface area contributed by atoms with Gasteiger partial charge in [0.05, 0.1) is 0 Å². The van der Waals surface area contributed by atoms with E-state index in [9.17, 15) is 0 Å². The van der Waals surface area contributed by atoms with E-state index in [-0.39, 0.29) is 0 Å². The van der Waals surface area contributed by atoms with E-state index in [1.165, 1.54) is 22.8 Å². The van der Waals surface area contributed by atoms with Crippen LogP contribution in [-0.4, -0.2) is 6.54 Å². The van der Waals surface area contributed by atoms with Crippen LogP contribution in [0.4, 0.5) is 0 Å². The van der Waals surface area contributed by atoms with Gasteiger partial charge in [-0.1, -0.05) is 63.2 Å². The maximum absolute atomic E-state index is 3.55. The third kappa shape index (κ3) is 3.58. The average Bonchev–Trinajstić information content (AvgIpc) is 2.33. The van der Waals surface area contributed by atoms with Crippen molar-refractivity contribution in [1.29, 1.82) is 0 Å². The van der Waals surface area contributed by atoms with Crippen molar-refractivity contribution in [1.82, 2.24) is 5.32 Å². The maximum atomic E-state index is 3.55. The Kier molecular flexibility index (Phi) is 4.03. The van der Waals surface area contributed by atoms with Crippen molar-refractivity contribution in [2.75, 3.05) is 6.54 Å². The number of hydrogen-bond acceptors (Lipinski definition) is 1. The van der Waals surface area contributed by atoms with Crippen LogP contribution in [0.2, 0.25) is 0 Å². The second-order valence-corrected chi connectivity index (χ2v) is 6.13. The molecule has 0 atom stereocenters. The standard InChI is InChI=1S/C17H23N/c1-17(2,3)11-12-18-13-15-9-6-8-14-7-4-5-10-16(14)15/h4-10,18H,11-13H2,1-3H3. The Balaban J connectivity index is 2.00. The van der Waals surface area contributed by atoms with Gasteiger partial charge in [-0.2, -0.15) is 0 Å². The molecule has 0 aliphatic rings. The molecule has 0 saturated carbocycles. The second-order valence-electron chi connectivity index (χ2n) is 6.13. The fraction of sp³-hybridized carbons (Fsp3) is 0.412. The van der Waals surface area contributed by atoms with Gasteiger partial charge in [0.25, 0.3) is 0 Å².